The maximum absolute atomic E-state index is 11.1. The summed E-state index contributed by atoms with van der Waals surface area (Å²) in [7, 11) is 0. The van der Waals surface area contributed by atoms with Crippen molar-refractivity contribution >= 4 is 5.91 Å². The lowest BCUT2D eigenvalue weighted by molar-refractivity contribution is -0.123. The molecule has 0 radical (unpaired) electrons. The molecule has 3 heteroatoms. The van der Waals surface area contributed by atoms with E-state index in [9.17, 15) is 4.79 Å². The van der Waals surface area contributed by atoms with Gasteiger partial charge < -0.3 is 11.1 Å². The molecular formula is C9H18N2O. The van der Waals surface area contributed by atoms with E-state index in [4.69, 9.17) is 5.73 Å². The highest BCUT2D eigenvalue weighted by Crippen LogP contribution is 2.35. The molecule has 12 heavy (non-hydrogen) atoms. The van der Waals surface area contributed by atoms with Crippen molar-refractivity contribution in [2.75, 3.05) is 0 Å². The molecule has 1 saturated heterocycles. The van der Waals surface area contributed by atoms with Gasteiger partial charge in [0.1, 0.15) is 0 Å². The summed E-state index contributed by atoms with van der Waals surface area (Å²) in [5.41, 5.74) is 5.19. The van der Waals surface area contributed by atoms with Gasteiger partial charge in [-0.3, -0.25) is 4.79 Å². The number of nitrogens with one attached hydrogen (secondary N) is 1. The number of rotatable bonds is 1. The van der Waals surface area contributed by atoms with Gasteiger partial charge in [-0.25, -0.2) is 0 Å². The zero-order valence-corrected chi connectivity index (χ0v) is 8.27. The number of hydrogen-bond donors (Lipinski definition) is 2. The minimum Gasteiger partial charge on any atom is -0.369 e. The molecule has 0 aromatic rings. The predicted octanol–water partition coefficient (Wildman–Crippen LogP) is 0.638. The monoisotopic (exact) mass is 170 g/mol. The van der Waals surface area contributed by atoms with E-state index in [0.29, 0.717) is 0 Å². The molecule has 0 spiro atoms. The molecule has 1 heterocycles. The van der Waals surface area contributed by atoms with E-state index in [1.54, 1.807) is 0 Å². The molecule has 0 saturated carbocycles. The molecular weight excluding hydrogens is 152 g/mol. The molecule has 1 atom stereocenters. The van der Waals surface area contributed by atoms with Crippen molar-refractivity contribution in [3.63, 3.8) is 0 Å². The molecule has 70 valence electrons. The minimum atomic E-state index is -0.196. The van der Waals surface area contributed by atoms with Gasteiger partial charge in [-0.05, 0) is 34.1 Å². The van der Waals surface area contributed by atoms with E-state index in [0.717, 1.165) is 6.42 Å². The summed E-state index contributed by atoms with van der Waals surface area (Å²) in [4.78, 5) is 11.1. The molecule has 1 unspecified atom stereocenters. The Bertz CT molecular complexity index is 209. The molecule has 1 amide bonds. The van der Waals surface area contributed by atoms with E-state index >= 15 is 0 Å². The molecule has 3 nitrogen and oxygen atoms in total. The average Bonchev–Trinajstić information content (AvgIpc) is 1.99. The summed E-state index contributed by atoms with van der Waals surface area (Å²) < 4.78 is 0. The van der Waals surface area contributed by atoms with Gasteiger partial charge in [0.05, 0.1) is 5.92 Å². The Labute approximate surface area is 73.7 Å². The Kier molecular flexibility index (Phi) is 1.95. The second kappa shape index (κ2) is 2.46. The normalized spacial score (nSPS) is 31.8. The van der Waals surface area contributed by atoms with Crippen molar-refractivity contribution in [3.8, 4) is 0 Å². The van der Waals surface area contributed by atoms with Crippen molar-refractivity contribution < 1.29 is 4.79 Å². The Morgan fingerprint density at radius 3 is 2.08 bits per heavy atom. The number of carbonyl (C=O) groups excluding carboxylic acids is 1. The summed E-state index contributed by atoms with van der Waals surface area (Å²) in [5.74, 6) is -0.245. The second-order valence-corrected chi connectivity index (χ2v) is 4.89. The van der Waals surface area contributed by atoms with E-state index in [1.807, 2.05) is 13.8 Å². The molecule has 1 rings (SSSR count). The van der Waals surface area contributed by atoms with Crippen molar-refractivity contribution in [2.24, 2.45) is 11.7 Å². The summed E-state index contributed by atoms with van der Waals surface area (Å²) in [6, 6.07) is 0. The molecule has 3 N–H and O–H groups in total. The Morgan fingerprint density at radius 2 is 1.92 bits per heavy atom. The van der Waals surface area contributed by atoms with Crippen LogP contribution < -0.4 is 11.1 Å². The number of primary amides is 1. The maximum atomic E-state index is 11.1. The lowest BCUT2D eigenvalue weighted by Gasteiger charge is -2.26. The third kappa shape index (κ3) is 1.61. The highest BCUT2D eigenvalue weighted by atomic mass is 16.1. The van der Waals surface area contributed by atoms with Gasteiger partial charge in [0.25, 0.3) is 0 Å². The van der Waals surface area contributed by atoms with Crippen LogP contribution in [0.1, 0.15) is 34.1 Å². The third-order valence-electron chi connectivity index (χ3n) is 2.59. The van der Waals surface area contributed by atoms with Gasteiger partial charge >= 0.3 is 0 Å². The van der Waals surface area contributed by atoms with Crippen LogP contribution in [-0.2, 0) is 4.79 Å². The zero-order valence-electron chi connectivity index (χ0n) is 8.27. The Hall–Kier alpha value is -0.570. The fraction of sp³-hybridized carbons (Fsp3) is 0.889. The molecule has 0 aliphatic carbocycles. The highest BCUT2D eigenvalue weighted by Gasteiger charge is 2.46. The Morgan fingerprint density at radius 1 is 1.42 bits per heavy atom. The second-order valence-electron chi connectivity index (χ2n) is 4.89. The van der Waals surface area contributed by atoms with Crippen LogP contribution in [0.3, 0.4) is 0 Å². The number of hydrogen-bond acceptors (Lipinski definition) is 2. The topological polar surface area (TPSA) is 55.1 Å². The molecule has 1 aliphatic rings. The summed E-state index contributed by atoms with van der Waals surface area (Å²) in [6.07, 6.45) is 0.829. The van der Waals surface area contributed by atoms with Crippen LogP contribution >= 0.6 is 0 Å². The Balaban J connectivity index is 2.85. The van der Waals surface area contributed by atoms with Crippen molar-refractivity contribution in [1.82, 2.24) is 5.32 Å². The van der Waals surface area contributed by atoms with E-state index in [2.05, 4.69) is 19.2 Å². The van der Waals surface area contributed by atoms with Gasteiger partial charge in [-0.1, -0.05) is 0 Å². The fourth-order valence-corrected chi connectivity index (χ4v) is 2.23. The fourth-order valence-electron chi connectivity index (χ4n) is 2.23. The van der Waals surface area contributed by atoms with Crippen molar-refractivity contribution in [2.45, 2.75) is 45.2 Å². The van der Waals surface area contributed by atoms with Gasteiger partial charge in [0, 0.05) is 11.1 Å². The SMILES string of the molecule is CC1(C)CC(C(N)=O)C(C)(C)N1. The van der Waals surface area contributed by atoms with E-state index in [-0.39, 0.29) is 22.9 Å². The first-order valence-corrected chi connectivity index (χ1v) is 4.33. The van der Waals surface area contributed by atoms with Gasteiger partial charge in [0.2, 0.25) is 5.91 Å². The largest absolute Gasteiger partial charge is 0.369 e. The van der Waals surface area contributed by atoms with Crippen LogP contribution in [0.25, 0.3) is 0 Å². The molecule has 0 bridgehead atoms. The molecule has 0 aromatic carbocycles. The number of nitrogens with two attached hydrogens (primary N) is 1. The van der Waals surface area contributed by atoms with Gasteiger partial charge in [0.15, 0.2) is 0 Å². The first-order chi connectivity index (χ1) is 5.25. The first kappa shape index (κ1) is 9.52. The predicted molar refractivity (Wildman–Crippen MR) is 48.6 cm³/mol. The van der Waals surface area contributed by atoms with Crippen LogP contribution in [0.15, 0.2) is 0 Å². The maximum Gasteiger partial charge on any atom is 0.222 e. The van der Waals surface area contributed by atoms with E-state index < -0.39 is 0 Å². The lowest BCUT2D eigenvalue weighted by Crippen LogP contribution is -2.47. The van der Waals surface area contributed by atoms with Crippen LogP contribution in [0.4, 0.5) is 0 Å². The number of carbonyl (C=O) groups is 1. The summed E-state index contributed by atoms with van der Waals surface area (Å²) >= 11 is 0. The molecule has 1 aliphatic heterocycles. The lowest BCUT2D eigenvalue weighted by atomic mass is 9.87. The van der Waals surface area contributed by atoms with Crippen molar-refractivity contribution in [3.05, 3.63) is 0 Å². The highest BCUT2D eigenvalue weighted by molar-refractivity contribution is 5.78. The van der Waals surface area contributed by atoms with Crippen LogP contribution in [-0.4, -0.2) is 17.0 Å². The quantitative estimate of drug-likeness (QED) is 0.606. The zero-order chi connectivity index (χ0) is 9.57. The minimum absolute atomic E-state index is 0.0309. The van der Waals surface area contributed by atoms with E-state index in [1.165, 1.54) is 0 Å². The van der Waals surface area contributed by atoms with Crippen LogP contribution in [0, 0.1) is 5.92 Å². The van der Waals surface area contributed by atoms with Crippen LogP contribution in [0.5, 0.6) is 0 Å². The van der Waals surface area contributed by atoms with Gasteiger partial charge in [-0.15, -0.1) is 0 Å². The average molecular weight is 170 g/mol. The molecule has 1 fully saturated rings. The number of amides is 1. The summed E-state index contributed by atoms with van der Waals surface area (Å²) in [5, 5.41) is 3.40. The van der Waals surface area contributed by atoms with Crippen LogP contribution in [0.2, 0.25) is 0 Å². The molecule has 0 aromatic heterocycles. The standard InChI is InChI=1S/C9H18N2O/c1-8(2)5-6(7(10)12)9(3,4)11-8/h6,11H,5H2,1-4H3,(H2,10,12). The third-order valence-corrected chi connectivity index (χ3v) is 2.59. The van der Waals surface area contributed by atoms with Crippen molar-refractivity contribution in [1.29, 1.82) is 0 Å². The smallest absolute Gasteiger partial charge is 0.222 e. The first-order valence-electron chi connectivity index (χ1n) is 4.33. The summed E-state index contributed by atoms with van der Waals surface area (Å²) in [6.45, 7) is 8.24. The van der Waals surface area contributed by atoms with Gasteiger partial charge in [-0.2, -0.15) is 0 Å².